The van der Waals surface area contributed by atoms with Crippen LogP contribution in [0.15, 0.2) is 59.7 Å². The number of esters is 1. The number of nitrogens with one attached hydrogen (secondary N) is 1. The maximum Gasteiger partial charge on any atom is 0.337 e. The van der Waals surface area contributed by atoms with E-state index in [9.17, 15) is 4.79 Å². The molecular formula is C22H22ClN3O2. The van der Waals surface area contributed by atoms with E-state index in [4.69, 9.17) is 16.3 Å². The van der Waals surface area contributed by atoms with Crippen LogP contribution in [0.3, 0.4) is 0 Å². The second-order valence-electron chi connectivity index (χ2n) is 6.39. The first kappa shape index (κ1) is 19.7. The number of ether oxygens (including phenoxy) is 1. The summed E-state index contributed by atoms with van der Waals surface area (Å²) in [5.74, 6) is -0.352. The van der Waals surface area contributed by atoms with Gasteiger partial charge in [-0.05, 0) is 49.7 Å². The number of nitrogens with zero attached hydrogens (tertiary/aromatic N) is 2. The van der Waals surface area contributed by atoms with Gasteiger partial charge in [0.15, 0.2) is 0 Å². The Hall–Kier alpha value is -3.05. The number of benzene rings is 2. The molecule has 0 bridgehead atoms. The molecule has 2 aromatic carbocycles. The summed E-state index contributed by atoms with van der Waals surface area (Å²) in [6.45, 7) is 4.59. The molecule has 0 aliphatic heterocycles. The lowest BCUT2D eigenvalue weighted by atomic mass is 10.2. The lowest BCUT2D eigenvalue weighted by molar-refractivity contribution is 0.0600. The fourth-order valence-electron chi connectivity index (χ4n) is 3.09. The predicted octanol–water partition coefficient (Wildman–Crippen LogP) is 4.66. The summed E-state index contributed by atoms with van der Waals surface area (Å²) in [5, 5.41) is 5.04. The van der Waals surface area contributed by atoms with Gasteiger partial charge in [0.2, 0.25) is 0 Å². The summed E-state index contributed by atoms with van der Waals surface area (Å²) in [4.78, 5) is 11.8. The first-order valence-corrected chi connectivity index (χ1v) is 9.26. The number of hydrogen-bond donors (Lipinski definition) is 1. The molecule has 0 aliphatic carbocycles. The van der Waals surface area contributed by atoms with Crippen molar-refractivity contribution >= 4 is 23.8 Å². The molecule has 3 aromatic rings. The summed E-state index contributed by atoms with van der Waals surface area (Å²) in [5.41, 5.74) is 8.52. The highest BCUT2D eigenvalue weighted by molar-refractivity contribution is 6.31. The molecule has 0 atom stereocenters. The Labute approximate surface area is 169 Å². The van der Waals surface area contributed by atoms with Gasteiger partial charge < -0.3 is 14.7 Å². The van der Waals surface area contributed by atoms with Crippen LogP contribution in [0.5, 0.6) is 0 Å². The van der Waals surface area contributed by atoms with Gasteiger partial charge in [0.25, 0.3) is 0 Å². The van der Waals surface area contributed by atoms with Crippen LogP contribution >= 0.6 is 11.6 Å². The lowest BCUT2D eigenvalue weighted by Crippen LogP contribution is -2.06. The Morgan fingerprint density at radius 1 is 1.18 bits per heavy atom. The monoisotopic (exact) mass is 395 g/mol. The first-order valence-electron chi connectivity index (χ1n) is 8.88. The van der Waals surface area contributed by atoms with Gasteiger partial charge in [-0.25, -0.2) is 4.79 Å². The smallest absolute Gasteiger partial charge is 0.337 e. The number of aromatic nitrogens is 1. The van der Waals surface area contributed by atoms with Crippen LogP contribution in [0.1, 0.15) is 32.9 Å². The van der Waals surface area contributed by atoms with Crippen LogP contribution in [-0.2, 0) is 11.3 Å². The molecule has 0 unspecified atom stereocenters. The minimum atomic E-state index is -0.352. The quantitative estimate of drug-likeness (QED) is 0.375. The summed E-state index contributed by atoms with van der Waals surface area (Å²) in [7, 11) is 1.38. The van der Waals surface area contributed by atoms with E-state index in [1.807, 2.05) is 56.3 Å². The zero-order valence-corrected chi connectivity index (χ0v) is 16.8. The number of aryl methyl sites for hydroxylation is 1. The van der Waals surface area contributed by atoms with Crippen molar-refractivity contribution in [1.29, 1.82) is 0 Å². The number of carbonyl (C=O) groups excluding carboxylic acids is 1. The van der Waals surface area contributed by atoms with Crippen molar-refractivity contribution in [2.24, 2.45) is 5.10 Å². The molecule has 1 aromatic heterocycles. The second kappa shape index (κ2) is 8.76. The Bertz CT molecular complexity index is 1020. The standard InChI is InChI=1S/C22H22ClN3O2/c1-15-11-19(14-25-24-13-18-7-4-5-10-21(18)23)16(2)26(15)20-9-6-8-17(12-20)22(27)28-3/h4-12,14,24H,13H2,1-3H3/b25-14-. The van der Waals surface area contributed by atoms with Gasteiger partial charge >= 0.3 is 5.97 Å². The first-order chi connectivity index (χ1) is 13.5. The molecule has 6 heteroatoms. The summed E-state index contributed by atoms with van der Waals surface area (Å²) < 4.78 is 6.90. The Morgan fingerprint density at radius 2 is 1.96 bits per heavy atom. The number of carbonyl (C=O) groups is 1. The largest absolute Gasteiger partial charge is 0.465 e. The third-order valence-electron chi connectivity index (χ3n) is 4.52. The highest BCUT2D eigenvalue weighted by Gasteiger charge is 2.12. The normalized spacial score (nSPS) is 11.0. The fraction of sp³-hybridized carbons (Fsp3) is 0.182. The van der Waals surface area contributed by atoms with Crippen LogP contribution in [0.4, 0.5) is 0 Å². The van der Waals surface area contributed by atoms with Crippen molar-refractivity contribution in [3.8, 4) is 5.69 Å². The molecule has 3 rings (SSSR count). The third-order valence-corrected chi connectivity index (χ3v) is 4.89. The minimum Gasteiger partial charge on any atom is -0.465 e. The average Bonchev–Trinajstić information content (AvgIpc) is 2.99. The molecule has 0 saturated heterocycles. The molecule has 0 radical (unpaired) electrons. The van der Waals surface area contributed by atoms with Crippen molar-refractivity contribution in [3.05, 3.63) is 87.7 Å². The van der Waals surface area contributed by atoms with Gasteiger partial charge in [-0.1, -0.05) is 35.9 Å². The third kappa shape index (κ3) is 4.26. The van der Waals surface area contributed by atoms with Gasteiger partial charge in [-0.2, -0.15) is 5.10 Å². The van der Waals surface area contributed by atoms with Crippen molar-refractivity contribution in [1.82, 2.24) is 9.99 Å². The van der Waals surface area contributed by atoms with Crippen molar-refractivity contribution in [2.45, 2.75) is 20.4 Å². The molecule has 0 amide bonds. The topological polar surface area (TPSA) is 55.6 Å². The Morgan fingerprint density at radius 3 is 2.71 bits per heavy atom. The van der Waals surface area contributed by atoms with E-state index in [0.29, 0.717) is 17.1 Å². The molecule has 0 fully saturated rings. The molecule has 144 valence electrons. The maximum absolute atomic E-state index is 11.8. The minimum absolute atomic E-state index is 0.352. The summed E-state index contributed by atoms with van der Waals surface area (Å²) in [6.07, 6.45) is 1.79. The van der Waals surface area contributed by atoms with Crippen LogP contribution in [-0.4, -0.2) is 23.9 Å². The fourth-order valence-corrected chi connectivity index (χ4v) is 3.30. The predicted molar refractivity (Wildman–Crippen MR) is 112 cm³/mol. The lowest BCUT2D eigenvalue weighted by Gasteiger charge is -2.11. The number of hydrogen-bond acceptors (Lipinski definition) is 4. The van der Waals surface area contributed by atoms with Crippen LogP contribution in [0.2, 0.25) is 5.02 Å². The summed E-state index contributed by atoms with van der Waals surface area (Å²) in [6, 6.07) is 17.1. The van der Waals surface area contributed by atoms with E-state index in [1.165, 1.54) is 7.11 Å². The van der Waals surface area contributed by atoms with Gasteiger partial charge in [-0.15, -0.1) is 0 Å². The van der Waals surface area contributed by atoms with Gasteiger partial charge in [0.1, 0.15) is 0 Å². The number of hydrazone groups is 1. The maximum atomic E-state index is 11.8. The van der Waals surface area contributed by atoms with Gasteiger partial charge in [-0.3, -0.25) is 0 Å². The second-order valence-corrected chi connectivity index (χ2v) is 6.80. The average molecular weight is 396 g/mol. The molecular weight excluding hydrogens is 374 g/mol. The molecule has 1 N–H and O–H groups in total. The molecule has 0 aliphatic rings. The summed E-state index contributed by atoms with van der Waals surface area (Å²) >= 11 is 6.15. The zero-order valence-electron chi connectivity index (χ0n) is 16.1. The van der Waals surface area contributed by atoms with Gasteiger partial charge in [0, 0.05) is 27.7 Å². The number of methoxy groups -OCH3 is 1. The highest BCUT2D eigenvalue weighted by Crippen LogP contribution is 2.21. The molecule has 5 nitrogen and oxygen atoms in total. The van der Waals surface area contributed by atoms with Crippen molar-refractivity contribution < 1.29 is 9.53 Å². The van der Waals surface area contributed by atoms with Crippen LogP contribution in [0.25, 0.3) is 5.69 Å². The number of rotatable bonds is 6. The highest BCUT2D eigenvalue weighted by atomic mass is 35.5. The molecule has 0 saturated carbocycles. The van der Waals surface area contributed by atoms with E-state index >= 15 is 0 Å². The van der Waals surface area contributed by atoms with E-state index in [1.54, 1.807) is 12.3 Å². The number of halogens is 1. The SMILES string of the molecule is COC(=O)c1cccc(-n2c(C)cc(/C=N\NCc3ccccc3Cl)c2C)c1. The van der Waals surface area contributed by atoms with Crippen molar-refractivity contribution in [2.75, 3.05) is 7.11 Å². The molecule has 0 spiro atoms. The van der Waals surface area contributed by atoms with E-state index < -0.39 is 0 Å². The van der Waals surface area contributed by atoms with E-state index in [2.05, 4.69) is 21.2 Å². The van der Waals surface area contributed by atoms with Crippen LogP contribution < -0.4 is 5.43 Å². The Balaban J connectivity index is 1.78. The van der Waals surface area contributed by atoms with Crippen molar-refractivity contribution in [3.63, 3.8) is 0 Å². The molecule has 1 heterocycles. The van der Waals surface area contributed by atoms with Gasteiger partial charge in [0.05, 0.1) is 25.4 Å². The zero-order chi connectivity index (χ0) is 20.1. The van der Waals surface area contributed by atoms with E-state index in [0.717, 1.165) is 28.2 Å². The van der Waals surface area contributed by atoms with Crippen LogP contribution in [0, 0.1) is 13.8 Å². The Kier molecular flexibility index (Phi) is 6.16. The molecule has 28 heavy (non-hydrogen) atoms. The van der Waals surface area contributed by atoms with E-state index in [-0.39, 0.29) is 5.97 Å².